The molecule has 0 spiro atoms. The topological polar surface area (TPSA) is 68.2 Å². The van der Waals surface area contributed by atoms with E-state index in [1.165, 1.54) is 21.3 Å². The standard InChI is InChI=1S/C12H18O5/c1-15-10-5-8(4-9(14)7-13)6-11(16-2)12(10)17-3/h5-6,9,13-14H,4,7H2,1-3H3/t9-/m0/s1. The van der Waals surface area contributed by atoms with Gasteiger partial charge in [0.1, 0.15) is 0 Å². The molecular formula is C12H18O5. The maximum atomic E-state index is 9.40. The highest BCUT2D eigenvalue weighted by atomic mass is 16.5. The van der Waals surface area contributed by atoms with E-state index in [9.17, 15) is 5.11 Å². The summed E-state index contributed by atoms with van der Waals surface area (Å²) in [5, 5.41) is 18.2. The van der Waals surface area contributed by atoms with Crippen molar-refractivity contribution in [1.82, 2.24) is 0 Å². The number of hydrogen-bond acceptors (Lipinski definition) is 5. The first-order valence-corrected chi connectivity index (χ1v) is 5.24. The molecule has 96 valence electrons. The monoisotopic (exact) mass is 242 g/mol. The van der Waals surface area contributed by atoms with Crippen LogP contribution in [0.5, 0.6) is 17.2 Å². The Bertz CT molecular complexity index is 339. The molecule has 1 atom stereocenters. The minimum Gasteiger partial charge on any atom is -0.493 e. The minimum atomic E-state index is -0.794. The molecule has 0 aliphatic carbocycles. The van der Waals surface area contributed by atoms with Crippen LogP contribution in [0.2, 0.25) is 0 Å². The molecule has 5 heteroatoms. The minimum absolute atomic E-state index is 0.281. The fourth-order valence-corrected chi connectivity index (χ4v) is 1.59. The molecule has 1 aromatic rings. The second kappa shape index (κ2) is 6.32. The number of rotatable bonds is 6. The molecule has 0 saturated carbocycles. The van der Waals surface area contributed by atoms with Crippen molar-refractivity contribution in [3.8, 4) is 17.2 Å². The number of methoxy groups -OCH3 is 3. The van der Waals surface area contributed by atoms with E-state index >= 15 is 0 Å². The van der Waals surface area contributed by atoms with Gasteiger partial charge in [0.2, 0.25) is 5.75 Å². The van der Waals surface area contributed by atoms with E-state index in [2.05, 4.69) is 0 Å². The quantitative estimate of drug-likeness (QED) is 0.765. The summed E-state index contributed by atoms with van der Waals surface area (Å²) in [5.74, 6) is 1.58. The molecule has 0 saturated heterocycles. The molecule has 0 fully saturated rings. The Labute approximate surface area is 101 Å². The fourth-order valence-electron chi connectivity index (χ4n) is 1.59. The maximum absolute atomic E-state index is 9.40. The average molecular weight is 242 g/mol. The van der Waals surface area contributed by atoms with Crippen LogP contribution in [0.3, 0.4) is 0 Å². The molecule has 0 amide bonds. The van der Waals surface area contributed by atoms with Crippen LogP contribution in [0, 0.1) is 0 Å². The maximum Gasteiger partial charge on any atom is 0.203 e. The van der Waals surface area contributed by atoms with Crippen molar-refractivity contribution in [1.29, 1.82) is 0 Å². The van der Waals surface area contributed by atoms with E-state index in [1.807, 2.05) is 0 Å². The molecule has 0 aliphatic rings. The van der Waals surface area contributed by atoms with Crippen molar-refractivity contribution < 1.29 is 24.4 Å². The number of aliphatic hydroxyl groups excluding tert-OH is 2. The summed E-state index contributed by atoms with van der Waals surface area (Å²) in [7, 11) is 4.59. The third kappa shape index (κ3) is 3.25. The zero-order valence-electron chi connectivity index (χ0n) is 10.3. The number of aliphatic hydroxyl groups is 2. The van der Waals surface area contributed by atoms with Gasteiger partial charge >= 0.3 is 0 Å². The Morgan fingerprint density at radius 3 is 1.94 bits per heavy atom. The van der Waals surface area contributed by atoms with E-state index in [1.54, 1.807) is 12.1 Å². The first kappa shape index (κ1) is 13.6. The molecule has 0 aromatic heterocycles. The fraction of sp³-hybridized carbons (Fsp3) is 0.500. The molecule has 1 aromatic carbocycles. The SMILES string of the molecule is COc1cc(C[C@H](O)CO)cc(OC)c1OC. The lowest BCUT2D eigenvalue weighted by Crippen LogP contribution is -2.15. The van der Waals surface area contributed by atoms with E-state index in [0.29, 0.717) is 23.7 Å². The van der Waals surface area contributed by atoms with Gasteiger partial charge in [-0.05, 0) is 17.7 Å². The van der Waals surface area contributed by atoms with Crippen molar-refractivity contribution in [2.45, 2.75) is 12.5 Å². The van der Waals surface area contributed by atoms with Crippen LogP contribution in [0.15, 0.2) is 12.1 Å². The highest BCUT2D eigenvalue weighted by molar-refractivity contribution is 5.53. The van der Waals surface area contributed by atoms with Gasteiger partial charge in [-0.2, -0.15) is 0 Å². The summed E-state index contributed by atoms with van der Waals surface area (Å²) in [6, 6.07) is 3.50. The van der Waals surface area contributed by atoms with Gasteiger partial charge in [-0.1, -0.05) is 0 Å². The van der Waals surface area contributed by atoms with E-state index in [-0.39, 0.29) is 6.61 Å². The zero-order valence-corrected chi connectivity index (χ0v) is 10.3. The summed E-state index contributed by atoms with van der Waals surface area (Å²) in [6.07, 6.45) is -0.467. The summed E-state index contributed by atoms with van der Waals surface area (Å²) < 4.78 is 15.6. The molecule has 2 N–H and O–H groups in total. The Hall–Kier alpha value is -1.46. The Morgan fingerprint density at radius 2 is 1.59 bits per heavy atom. The molecule has 0 bridgehead atoms. The van der Waals surface area contributed by atoms with Gasteiger partial charge in [0, 0.05) is 6.42 Å². The summed E-state index contributed by atoms with van der Waals surface area (Å²) in [4.78, 5) is 0. The van der Waals surface area contributed by atoms with E-state index in [4.69, 9.17) is 19.3 Å². The third-order valence-electron chi connectivity index (χ3n) is 2.41. The summed E-state index contributed by atoms with van der Waals surface area (Å²) in [5.41, 5.74) is 0.807. The van der Waals surface area contributed by atoms with Gasteiger partial charge in [0.05, 0.1) is 34.0 Å². The lowest BCUT2D eigenvalue weighted by Gasteiger charge is -2.15. The first-order valence-electron chi connectivity index (χ1n) is 5.24. The number of benzene rings is 1. The van der Waals surface area contributed by atoms with E-state index < -0.39 is 6.10 Å². The first-order chi connectivity index (χ1) is 8.15. The third-order valence-corrected chi connectivity index (χ3v) is 2.41. The van der Waals surface area contributed by atoms with Crippen molar-refractivity contribution in [3.05, 3.63) is 17.7 Å². The van der Waals surface area contributed by atoms with Crippen LogP contribution in [0.1, 0.15) is 5.56 Å². The largest absolute Gasteiger partial charge is 0.493 e. The molecule has 0 heterocycles. The highest BCUT2D eigenvalue weighted by Crippen LogP contribution is 2.38. The summed E-state index contributed by atoms with van der Waals surface area (Å²) in [6.45, 7) is -0.281. The Balaban J connectivity index is 3.08. The van der Waals surface area contributed by atoms with Crippen LogP contribution in [-0.4, -0.2) is 44.3 Å². The van der Waals surface area contributed by atoms with Crippen molar-refractivity contribution in [2.24, 2.45) is 0 Å². The number of ether oxygens (including phenoxy) is 3. The van der Waals surface area contributed by atoms with E-state index in [0.717, 1.165) is 5.56 Å². The zero-order chi connectivity index (χ0) is 12.8. The summed E-state index contributed by atoms with van der Waals surface area (Å²) >= 11 is 0. The number of hydrogen-bond donors (Lipinski definition) is 2. The van der Waals surface area contributed by atoms with Crippen LogP contribution in [0.25, 0.3) is 0 Å². The average Bonchev–Trinajstić information content (AvgIpc) is 2.37. The normalized spacial score (nSPS) is 12.1. The Kier molecular flexibility index (Phi) is 5.06. The van der Waals surface area contributed by atoms with Crippen LogP contribution >= 0.6 is 0 Å². The van der Waals surface area contributed by atoms with Crippen molar-refractivity contribution in [2.75, 3.05) is 27.9 Å². The van der Waals surface area contributed by atoms with Crippen LogP contribution < -0.4 is 14.2 Å². The lowest BCUT2D eigenvalue weighted by molar-refractivity contribution is 0.0954. The molecule has 0 radical (unpaired) electrons. The van der Waals surface area contributed by atoms with Gasteiger partial charge in [0.25, 0.3) is 0 Å². The molecule has 0 aliphatic heterocycles. The Morgan fingerprint density at radius 1 is 1.06 bits per heavy atom. The predicted molar refractivity (Wildman–Crippen MR) is 62.9 cm³/mol. The smallest absolute Gasteiger partial charge is 0.203 e. The van der Waals surface area contributed by atoms with Crippen molar-refractivity contribution >= 4 is 0 Å². The van der Waals surface area contributed by atoms with Gasteiger partial charge in [-0.3, -0.25) is 0 Å². The lowest BCUT2D eigenvalue weighted by atomic mass is 10.1. The van der Waals surface area contributed by atoms with Gasteiger partial charge < -0.3 is 24.4 Å². The molecule has 5 nitrogen and oxygen atoms in total. The second-order valence-electron chi connectivity index (χ2n) is 3.57. The highest BCUT2D eigenvalue weighted by Gasteiger charge is 2.14. The van der Waals surface area contributed by atoms with Crippen LogP contribution in [0.4, 0.5) is 0 Å². The molecule has 17 heavy (non-hydrogen) atoms. The predicted octanol–water partition coefficient (Wildman–Crippen LogP) is 0.608. The molecule has 0 unspecified atom stereocenters. The van der Waals surface area contributed by atoms with Gasteiger partial charge in [0.15, 0.2) is 11.5 Å². The van der Waals surface area contributed by atoms with Crippen molar-refractivity contribution in [3.63, 3.8) is 0 Å². The van der Waals surface area contributed by atoms with Crippen LogP contribution in [-0.2, 0) is 6.42 Å². The van der Waals surface area contributed by atoms with Gasteiger partial charge in [-0.25, -0.2) is 0 Å². The van der Waals surface area contributed by atoms with Gasteiger partial charge in [-0.15, -0.1) is 0 Å². The molecule has 1 rings (SSSR count). The molecular weight excluding hydrogens is 224 g/mol. The second-order valence-corrected chi connectivity index (χ2v) is 3.57.